The molecule has 0 aliphatic carbocycles. The maximum Gasteiger partial charge on any atom is 0.296 e. The minimum absolute atomic E-state index is 0.0751. The van der Waals surface area contributed by atoms with Gasteiger partial charge in [-0.15, -0.1) is 0 Å². The number of carbonyl (C=O) groups excluding carboxylic acids is 1. The van der Waals surface area contributed by atoms with Gasteiger partial charge in [0.05, 0.1) is 17.0 Å². The predicted octanol–water partition coefficient (Wildman–Crippen LogP) is 6.13. The van der Waals surface area contributed by atoms with Crippen molar-refractivity contribution in [1.82, 2.24) is 4.98 Å². The van der Waals surface area contributed by atoms with Crippen molar-refractivity contribution < 1.29 is 9.21 Å². The third-order valence-electron chi connectivity index (χ3n) is 5.90. The van der Waals surface area contributed by atoms with Gasteiger partial charge >= 0.3 is 0 Å². The zero-order valence-corrected chi connectivity index (χ0v) is 19.5. The number of halogens is 1. The van der Waals surface area contributed by atoms with Crippen molar-refractivity contribution in [1.29, 1.82) is 0 Å². The summed E-state index contributed by atoms with van der Waals surface area (Å²) in [5, 5.41) is 0.439. The predicted molar refractivity (Wildman–Crippen MR) is 128 cm³/mol. The lowest BCUT2D eigenvalue weighted by Gasteiger charge is -2.24. The summed E-state index contributed by atoms with van der Waals surface area (Å²) >= 11 is 3.43. The van der Waals surface area contributed by atoms with Crippen LogP contribution in [0.15, 0.2) is 74.5 Å². The average molecular weight is 489 g/mol. The van der Waals surface area contributed by atoms with Crippen LogP contribution >= 0.6 is 15.9 Å². The summed E-state index contributed by atoms with van der Waals surface area (Å²) in [5.41, 5.74) is 3.53. The quantitative estimate of drug-likeness (QED) is 0.347. The van der Waals surface area contributed by atoms with Gasteiger partial charge in [0, 0.05) is 10.7 Å². The Balaban J connectivity index is 1.79. The van der Waals surface area contributed by atoms with Crippen molar-refractivity contribution in [3.05, 3.63) is 104 Å². The maximum absolute atomic E-state index is 13.6. The van der Waals surface area contributed by atoms with E-state index in [1.807, 2.05) is 43.3 Å². The second-order valence-corrected chi connectivity index (χ2v) is 9.32. The summed E-state index contributed by atoms with van der Waals surface area (Å²) in [4.78, 5) is 33.2. The largest absolute Gasteiger partial charge is 0.450 e. The Kier molecular flexibility index (Phi) is 4.97. The normalized spacial score (nSPS) is 15.6. The van der Waals surface area contributed by atoms with Crippen LogP contribution in [0.2, 0.25) is 0 Å². The van der Waals surface area contributed by atoms with Crippen LogP contribution in [0.4, 0.5) is 5.82 Å². The smallest absolute Gasteiger partial charge is 0.296 e. The molecule has 0 saturated heterocycles. The summed E-state index contributed by atoms with van der Waals surface area (Å²) in [6, 6.07) is 16.4. The molecule has 1 aliphatic rings. The summed E-state index contributed by atoms with van der Waals surface area (Å²) in [5.74, 6) is 0.579. The number of aryl methyl sites for hydroxylation is 1. The number of pyridine rings is 1. The highest BCUT2D eigenvalue weighted by Gasteiger charge is 2.44. The van der Waals surface area contributed by atoms with E-state index in [4.69, 9.17) is 4.42 Å². The Labute approximate surface area is 193 Å². The van der Waals surface area contributed by atoms with Gasteiger partial charge in [-0.3, -0.25) is 14.5 Å². The fraction of sp³-hybridized carbons (Fsp3) is 0.192. The number of rotatable bonds is 3. The van der Waals surface area contributed by atoms with Crippen LogP contribution in [-0.2, 0) is 0 Å². The number of aromatic nitrogens is 1. The first-order chi connectivity index (χ1) is 15.3. The Morgan fingerprint density at radius 2 is 1.78 bits per heavy atom. The molecule has 0 N–H and O–H groups in total. The average Bonchev–Trinajstić information content (AvgIpc) is 3.07. The van der Waals surface area contributed by atoms with Crippen LogP contribution < -0.4 is 10.3 Å². The fourth-order valence-electron chi connectivity index (χ4n) is 4.21. The molecule has 5 rings (SSSR count). The first-order valence-corrected chi connectivity index (χ1v) is 11.3. The molecule has 5 nitrogen and oxygen atoms in total. The van der Waals surface area contributed by atoms with Gasteiger partial charge < -0.3 is 4.42 Å². The van der Waals surface area contributed by atoms with Crippen LogP contribution in [0.25, 0.3) is 11.0 Å². The van der Waals surface area contributed by atoms with Crippen molar-refractivity contribution in [3.8, 4) is 0 Å². The zero-order valence-electron chi connectivity index (χ0n) is 17.9. The number of nitrogens with zero attached hydrogens (tertiary/aromatic N) is 2. The molecule has 0 saturated carbocycles. The monoisotopic (exact) mass is 488 g/mol. The minimum atomic E-state index is -0.618. The van der Waals surface area contributed by atoms with Crippen LogP contribution in [0.5, 0.6) is 0 Å². The van der Waals surface area contributed by atoms with Crippen molar-refractivity contribution in [2.75, 3.05) is 4.90 Å². The van der Waals surface area contributed by atoms with E-state index in [2.05, 4.69) is 34.8 Å². The topological polar surface area (TPSA) is 63.4 Å². The molecule has 0 radical (unpaired) electrons. The molecule has 2 aromatic heterocycles. The lowest BCUT2D eigenvalue weighted by Crippen LogP contribution is -2.30. The third-order valence-corrected chi connectivity index (χ3v) is 6.39. The van der Waals surface area contributed by atoms with Gasteiger partial charge in [-0.05, 0) is 59.9 Å². The van der Waals surface area contributed by atoms with E-state index in [-0.39, 0.29) is 17.1 Å². The maximum atomic E-state index is 13.6. The molecule has 6 heteroatoms. The van der Waals surface area contributed by atoms with E-state index in [0.717, 1.165) is 15.6 Å². The molecule has 1 amide bonds. The molecule has 1 unspecified atom stereocenters. The van der Waals surface area contributed by atoms with Crippen LogP contribution in [0, 0.1) is 6.92 Å². The van der Waals surface area contributed by atoms with Gasteiger partial charge in [0.25, 0.3) is 5.91 Å². The van der Waals surface area contributed by atoms with E-state index >= 15 is 0 Å². The van der Waals surface area contributed by atoms with E-state index in [1.54, 1.807) is 29.3 Å². The van der Waals surface area contributed by atoms with Gasteiger partial charge in [0.15, 0.2) is 5.43 Å². The SMILES string of the molecule is Cc1ccnc(N2C(=O)c3oc4ccc(Br)cc4c(=O)c3C2c2ccc(C(C)C)cc2)c1. The number of amides is 1. The Bertz CT molecular complexity index is 1420. The van der Waals surface area contributed by atoms with Crippen LogP contribution in [0.1, 0.15) is 58.6 Å². The number of hydrogen-bond acceptors (Lipinski definition) is 4. The highest BCUT2D eigenvalue weighted by atomic mass is 79.9. The lowest BCUT2D eigenvalue weighted by molar-refractivity contribution is 0.0970. The number of carbonyl (C=O) groups is 1. The molecular weight excluding hydrogens is 468 g/mol. The number of anilines is 1. The summed E-state index contributed by atoms with van der Waals surface area (Å²) in [6.45, 7) is 6.20. The second-order valence-electron chi connectivity index (χ2n) is 8.40. The zero-order chi connectivity index (χ0) is 22.6. The van der Waals surface area contributed by atoms with Gasteiger partial charge in [-0.25, -0.2) is 4.98 Å². The Morgan fingerprint density at radius 1 is 1.03 bits per heavy atom. The van der Waals surface area contributed by atoms with E-state index in [9.17, 15) is 9.59 Å². The van der Waals surface area contributed by atoms with E-state index < -0.39 is 6.04 Å². The molecule has 0 bridgehead atoms. The molecule has 1 aliphatic heterocycles. The van der Waals surface area contributed by atoms with Crippen LogP contribution in [0.3, 0.4) is 0 Å². The minimum Gasteiger partial charge on any atom is -0.450 e. The summed E-state index contributed by atoms with van der Waals surface area (Å²) in [6.07, 6.45) is 1.67. The highest BCUT2D eigenvalue weighted by Crippen LogP contribution is 2.41. The molecular formula is C26H21BrN2O3. The number of benzene rings is 2. The number of hydrogen-bond donors (Lipinski definition) is 0. The molecule has 0 spiro atoms. The lowest BCUT2D eigenvalue weighted by atomic mass is 9.95. The van der Waals surface area contributed by atoms with Gasteiger partial charge in [-0.2, -0.15) is 0 Å². The van der Waals surface area contributed by atoms with E-state index in [0.29, 0.717) is 28.3 Å². The Morgan fingerprint density at radius 3 is 2.47 bits per heavy atom. The molecule has 3 heterocycles. The van der Waals surface area contributed by atoms with Crippen molar-refractivity contribution in [2.45, 2.75) is 32.7 Å². The van der Waals surface area contributed by atoms with Crippen LogP contribution in [-0.4, -0.2) is 10.9 Å². The highest BCUT2D eigenvalue weighted by molar-refractivity contribution is 9.10. The summed E-state index contributed by atoms with van der Waals surface area (Å²) < 4.78 is 6.78. The van der Waals surface area contributed by atoms with Crippen molar-refractivity contribution in [2.24, 2.45) is 0 Å². The first-order valence-electron chi connectivity index (χ1n) is 10.5. The molecule has 160 valence electrons. The van der Waals surface area contributed by atoms with Crippen molar-refractivity contribution in [3.63, 3.8) is 0 Å². The summed E-state index contributed by atoms with van der Waals surface area (Å²) in [7, 11) is 0. The molecule has 32 heavy (non-hydrogen) atoms. The second kappa shape index (κ2) is 7.71. The Hall–Kier alpha value is -3.25. The molecule has 4 aromatic rings. The third kappa shape index (κ3) is 3.26. The van der Waals surface area contributed by atoms with Gasteiger partial charge in [0.2, 0.25) is 5.76 Å². The molecule has 2 aromatic carbocycles. The number of fused-ring (bicyclic) bond motifs is 2. The standard InChI is InChI=1S/C26H21BrN2O3/c1-14(2)16-4-6-17(7-5-16)23-22-24(30)19-13-18(27)8-9-20(19)32-25(22)26(31)29(23)21-12-15(3)10-11-28-21/h4-14,23H,1-3H3. The molecule has 1 atom stereocenters. The van der Waals surface area contributed by atoms with Crippen molar-refractivity contribution >= 4 is 38.6 Å². The fourth-order valence-corrected chi connectivity index (χ4v) is 4.57. The van der Waals surface area contributed by atoms with Gasteiger partial charge in [0.1, 0.15) is 11.4 Å². The van der Waals surface area contributed by atoms with E-state index in [1.165, 1.54) is 5.56 Å². The first kappa shape index (κ1) is 20.6. The molecule has 0 fully saturated rings. The van der Waals surface area contributed by atoms with Gasteiger partial charge in [-0.1, -0.05) is 54.0 Å².